The Labute approximate surface area is 84.0 Å². The van der Waals surface area contributed by atoms with Gasteiger partial charge in [0.1, 0.15) is 9.84 Å². The van der Waals surface area contributed by atoms with Crippen molar-refractivity contribution in [3.8, 4) is 0 Å². The van der Waals surface area contributed by atoms with Gasteiger partial charge in [0.05, 0.1) is 11.5 Å². The fraction of sp³-hybridized carbons (Fsp3) is 0.857. The number of sulfone groups is 1. The quantitative estimate of drug-likeness (QED) is 0.594. The average Bonchev–Trinajstić information content (AvgIpc) is 2.08. The topological polar surface area (TPSA) is 58.2 Å². The van der Waals surface area contributed by atoms with Crippen LogP contribution in [0.25, 0.3) is 0 Å². The van der Waals surface area contributed by atoms with Crippen LogP contribution in [0, 0.1) is 0 Å². The molecule has 1 saturated heterocycles. The third kappa shape index (κ3) is 3.48. The van der Waals surface area contributed by atoms with Crippen LogP contribution < -0.4 is 10.6 Å². The van der Waals surface area contributed by atoms with Crippen LogP contribution in [0.3, 0.4) is 0 Å². The summed E-state index contributed by atoms with van der Waals surface area (Å²) in [6.07, 6.45) is 1.31. The lowest BCUT2D eigenvalue weighted by Gasteiger charge is -2.23. The molecule has 1 heterocycles. The molecule has 76 valence electrons. The lowest BCUT2D eigenvalue weighted by Crippen LogP contribution is -2.44. The van der Waals surface area contributed by atoms with Gasteiger partial charge in [0.15, 0.2) is 5.11 Å². The Morgan fingerprint density at radius 3 is 2.38 bits per heavy atom. The third-order valence-electron chi connectivity index (χ3n) is 2.12. The second-order valence-electron chi connectivity index (χ2n) is 3.15. The first-order chi connectivity index (χ1) is 6.03. The summed E-state index contributed by atoms with van der Waals surface area (Å²) >= 11 is 4.92. The molecule has 2 N–H and O–H groups in total. The Kier molecular flexibility index (Phi) is 3.49. The molecule has 4 nitrogen and oxygen atoms in total. The van der Waals surface area contributed by atoms with Crippen molar-refractivity contribution < 1.29 is 8.42 Å². The molecule has 0 aromatic heterocycles. The zero-order valence-corrected chi connectivity index (χ0v) is 9.17. The van der Waals surface area contributed by atoms with Crippen molar-refractivity contribution >= 4 is 27.2 Å². The molecule has 0 spiro atoms. The van der Waals surface area contributed by atoms with Crippen LogP contribution >= 0.6 is 12.2 Å². The number of hydrogen-bond donors (Lipinski definition) is 2. The maximum Gasteiger partial charge on any atom is 0.166 e. The van der Waals surface area contributed by atoms with Gasteiger partial charge in [-0.1, -0.05) is 0 Å². The van der Waals surface area contributed by atoms with E-state index in [-0.39, 0.29) is 17.5 Å². The van der Waals surface area contributed by atoms with Crippen LogP contribution in [0.1, 0.15) is 12.8 Å². The van der Waals surface area contributed by atoms with E-state index in [0.717, 1.165) is 0 Å². The van der Waals surface area contributed by atoms with Crippen molar-refractivity contribution in [2.75, 3.05) is 18.6 Å². The van der Waals surface area contributed by atoms with Gasteiger partial charge in [-0.25, -0.2) is 8.42 Å². The number of thiocarbonyl (C=S) groups is 1. The molecule has 13 heavy (non-hydrogen) atoms. The summed E-state index contributed by atoms with van der Waals surface area (Å²) in [5, 5.41) is 6.45. The van der Waals surface area contributed by atoms with E-state index >= 15 is 0 Å². The number of rotatable bonds is 1. The van der Waals surface area contributed by atoms with Crippen molar-refractivity contribution in [1.29, 1.82) is 0 Å². The van der Waals surface area contributed by atoms with Crippen LogP contribution in [-0.2, 0) is 9.84 Å². The highest BCUT2D eigenvalue weighted by molar-refractivity contribution is 7.91. The SMILES string of the molecule is CNC(=S)NC1CCS(=O)(=O)CC1. The molecule has 0 saturated carbocycles. The summed E-state index contributed by atoms with van der Waals surface area (Å²) in [6, 6.07) is 0.212. The highest BCUT2D eigenvalue weighted by Gasteiger charge is 2.23. The Balaban J connectivity index is 2.38. The number of nitrogens with one attached hydrogen (secondary N) is 2. The molecule has 0 amide bonds. The largest absolute Gasteiger partial charge is 0.366 e. The molecule has 0 aromatic carbocycles. The maximum atomic E-state index is 11.1. The van der Waals surface area contributed by atoms with E-state index in [4.69, 9.17) is 12.2 Å². The molecule has 0 radical (unpaired) electrons. The van der Waals surface area contributed by atoms with E-state index in [1.54, 1.807) is 7.05 Å². The van der Waals surface area contributed by atoms with Crippen LogP contribution in [0.2, 0.25) is 0 Å². The summed E-state index contributed by atoms with van der Waals surface area (Å²) in [5.41, 5.74) is 0. The van der Waals surface area contributed by atoms with Crippen molar-refractivity contribution in [2.45, 2.75) is 18.9 Å². The highest BCUT2D eigenvalue weighted by Crippen LogP contribution is 2.11. The number of hydrogen-bond acceptors (Lipinski definition) is 3. The first kappa shape index (κ1) is 10.7. The van der Waals surface area contributed by atoms with Gasteiger partial charge < -0.3 is 10.6 Å². The van der Waals surface area contributed by atoms with E-state index in [0.29, 0.717) is 18.0 Å². The summed E-state index contributed by atoms with van der Waals surface area (Å²) in [7, 11) is -1.02. The van der Waals surface area contributed by atoms with Crippen LogP contribution in [0.5, 0.6) is 0 Å². The van der Waals surface area contributed by atoms with Gasteiger partial charge in [0.25, 0.3) is 0 Å². The zero-order chi connectivity index (χ0) is 9.90. The molecule has 0 atom stereocenters. The molecule has 1 aliphatic rings. The molecule has 0 aromatic rings. The first-order valence-electron chi connectivity index (χ1n) is 4.22. The van der Waals surface area contributed by atoms with Gasteiger partial charge in [0, 0.05) is 13.1 Å². The minimum atomic E-state index is -2.76. The monoisotopic (exact) mass is 222 g/mol. The van der Waals surface area contributed by atoms with Crippen molar-refractivity contribution in [3.63, 3.8) is 0 Å². The Bertz CT molecular complexity index is 273. The molecule has 1 aliphatic heterocycles. The highest BCUT2D eigenvalue weighted by atomic mass is 32.2. The standard InChI is InChI=1S/C7H14N2O2S2/c1-8-7(12)9-6-2-4-13(10,11)5-3-6/h6H,2-5H2,1H3,(H2,8,9,12). The van der Waals surface area contributed by atoms with Crippen molar-refractivity contribution in [1.82, 2.24) is 10.6 Å². The molecular formula is C7H14N2O2S2. The Morgan fingerprint density at radius 1 is 1.38 bits per heavy atom. The smallest absolute Gasteiger partial charge is 0.166 e. The summed E-state index contributed by atoms with van der Waals surface area (Å²) in [4.78, 5) is 0. The lowest BCUT2D eigenvalue weighted by molar-refractivity contribution is 0.519. The molecule has 6 heteroatoms. The second-order valence-corrected chi connectivity index (χ2v) is 5.86. The van der Waals surface area contributed by atoms with E-state index in [9.17, 15) is 8.42 Å². The van der Waals surface area contributed by atoms with Crippen molar-refractivity contribution in [3.05, 3.63) is 0 Å². The fourth-order valence-corrected chi connectivity index (χ4v) is 2.95. The van der Waals surface area contributed by atoms with Gasteiger partial charge in [-0.3, -0.25) is 0 Å². The summed E-state index contributed by atoms with van der Waals surface area (Å²) in [5.74, 6) is 0.550. The van der Waals surface area contributed by atoms with Gasteiger partial charge in [0.2, 0.25) is 0 Å². The minimum absolute atomic E-state index is 0.212. The molecule has 1 rings (SSSR count). The van der Waals surface area contributed by atoms with Crippen LogP contribution in [0.15, 0.2) is 0 Å². The van der Waals surface area contributed by atoms with Crippen LogP contribution in [0.4, 0.5) is 0 Å². The molecule has 1 fully saturated rings. The van der Waals surface area contributed by atoms with Gasteiger partial charge in [-0.15, -0.1) is 0 Å². The normalized spacial score (nSPS) is 22.2. The van der Waals surface area contributed by atoms with Crippen LogP contribution in [-0.4, -0.2) is 38.1 Å². The minimum Gasteiger partial charge on any atom is -0.366 e. The molecular weight excluding hydrogens is 208 g/mol. The van der Waals surface area contributed by atoms with E-state index in [2.05, 4.69) is 10.6 Å². The lowest BCUT2D eigenvalue weighted by atomic mass is 10.2. The van der Waals surface area contributed by atoms with Gasteiger partial charge in [-0.05, 0) is 25.1 Å². The maximum absolute atomic E-state index is 11.1. The third-order valence-corrected chi connectivity index (χ3v) is 4.15. The van der Waals surface area contributed by atoms with E-state index < -0.39 is 9.84 Å². The second kappa shape index (κ2) is 4.23. The van der Waals surface area contributed by atoms with Gasteiger partial charge >= 0.3 is 0 Å². The van der Waals surface area contributed by atoms with E-state index in [1.807, 2.05) is 0 Å². The molecule has 0 aliphatic carbocycles. The summed E-state index contributed by atoms with van der Waals surface area (Å²) in [6.45, 7) is 0. The predicted octanol–water partition coefficient (Wildman–Crippen LogP) is -0.342. The molecule has 0 unspecified atom stereocenters. The van der Waals surface area contributed by atoms with Gasteiger partial charge in [-0.2, -0.15) is 0 Å². The zero-order valence-electron chi connectivity index (χ0n) is 7.54. The predicted molar refractivity (Wildman–Crippen MR) is 56.5 cm³/mol. The molecule has 0 bridgehead atoms. The Hall–Kier alpha value is -0.360. The first-order valence-corrected chi connectivity index (χ1v) is 6.45. The fourth-order valence-electron chi connectivity index (χ4n) is 1.29. The van der Waals surface area contributed by atoms with Crippen molar-refractivity contribution in [2.24, 2.45) is 0 Å². The Morgan fingerprint density at radius 2 is 1.92 bits per heavy atom. The average molecular weight is 222 g/mol. The summed E-state index contributed by atoms with van der Waals surface area (Å²) < 4.78 is 22.2. The van der Waals surface area contributed by atoms with E-state index in [1.165, 1.54) is 0 Å².